The number of nitrogens with one attached hydrogen (secondary N) is 1. The fraction of sp³-hybridized carbons (Fsp3) is 0.167. The quantitative estimate of drug-likeness (QED) is 0.877. The third kappa shape index (κ3) is 2.80. The Bertz CT molecular complexity index is 527. The van der Waals surface area contributed by atoms with Gasteiger partial charge in [0, 0.05) is 15.5 Å². The zero-order chi connectivity index (χ0) is 12.4. The summed E-state index contributed by atoms with van der Waals surface area (Å²) in [6.07, 6.45) is 0. The second-order valence-electron chi connectivity index (χ2n) is 3.53. The zero-order valence-electron chi connectivity index (χ0n) is 9.01. The number of halogens is 3. The Morgan fingerprint density at radius 2 is 2.00 bits per heavy atom. The second-order valence-corrected chi connectivity index (χ2v) is 5.71. The molecule has 1 atom stereocenters. The van der Waals surface area contributed by atoms with Crippen molar-refractivity contribution < 1.29 is 4.39 Å². The van der Waals surface area contributed by atoms with Gasteiger partial charge in [-0.3, -0.25) is 0 Å². The molecule has 1 N–H and O–H groups in total. The minimum Gasteiger partial charge on any atom is -0.309 e. The van der Waals surface area contributed by atoms with E-state index in [2.05, 4.69) is 5.32 Å². The molecule has 1 aromatic heterocycles. The lowest BCUT2D eigenvalue weighted by Gasteiger charge is -2.15. The van der Waals surface area contributed by atoms with Crippen molar-refractivity contribution in [2.24, 2.45) is 0 Å². The van der Waals surface area contributed by atoms with E-state index in [1.165, 1.54) is 17.4 Å². The van der Waals surface area contributed by atoms with E-state index in [0.29, 0.717) is 14.9 Å². The maximum atomic E-state index is 13.8. The van der Waals surface area contributed by atoms with Gasteiger partial charge in [0.05, 0.1) is 10.4 Å². The van der Waals surface area contributed by atoms with E-state index in [4.69, 9.17) is 23.2 Å². The van der Waals surface area contributed by atoms with Crippen molar-refractivity contribution in [1.29, 1.82) is 0 Å². The van der Waals surface area contributed by atoms with Crippen LogP contribution in [0, 0.1) is 5.82 Å². The maximum absolute atomic E-state index is 13.8. The maximum Gasteiger partial charge on any atom is 0.129 e. The predicted octanol–water partition coefficient (Wildman–Crippen LogP) is 4.50. The number of hydrogen-bond donors (Lipinski definition) is 1. The van der Waals surface area contributed by atoms with Crippen LogP contribution in [-0.4, -0.2) is 7.05 Å². The van der Waals surface area contributed by atoms with Gasteiger partial charge in [-0.1, -0.05) is 29.3 Å². The van der Waals surface area contributed by atoms with E-state index < -0.39 is 0 Å². The molecule has 17 heavy (non-hydrogen) atoms. The Hall–Kier alpha value is -0.610. The third-order valence-corrected chi connectivity index (χ3v) is 3.97. The van der Waals surface area contributed by atoms with Crippen molar-refractivity contribution in [3.63, 3.8) is 0 Å². The van der Waals surface area contributed by atoms with Crippen molar-refractivity contribution in [3.05, 3.63) is 55.9 Å². The fourth-order valence-corrected chi connectivity index (χ4v) is 3.02. The summed E-state index contributed by atoms with van der Waals surface area (Å²) >= 11 is 13.1. The highest BCUT2D eigenvalue weighted by molar-refractivity contribution is 7.16. The highest BCUT2D eigenvalue weighted by atomic mass is 35.5. The lowest BCUT2D eigenvalue weighted by atomic mass is 10.1. The van der Waals surface area contributed by atoms with Crippen LogP contribution < -0.4 is 5.32 Å². The van der Waals surface area contributed by atoms with Gasteiger partial charge in [-0.15, -0.1) is 11.3 Å². The summed E-state index contributed by atoms with van der Waals surface area (Å²) < 4.78 is 14.5. The molecule has 1 nitrogen and oxygen atoms in total. The molecular formula is C12H10Cl2FNS. The molecule has 2 rings (SSSR count). The van der Waals surface area contributed by atoms with Crippen molar-refractivity contribution in [2.45, 2.75) is 6.04 Å². The first kappa shape index (κ1) is 12.8. The zero-order valence-corrected chi connectivity index (χ0v) is 11.3. The van der Waals surface area contributed by atoms with Gasteiger partial charge < -0.3 is 5.32 Å². The minimum atomic E-state index is -0.318. The standard InChI is InChI=1S/C12H10Cl2FNS/c1-16-12(10-4-5-11(14)17-10)8-3-2-7(13)6-9(8)15/h2-6,12,16H,1H3. The number of rotatable bonds is 3. The minimum absolute atomic E-state index is 0.204. The first-order valence-electron chi connectivity index (χ1n) is 4.99. The molecule has 0 bridgehead atoms. The van der Waals surface area contributed by atoms with Gasteiger partial charge in [-0.05, 0) is 31.3 Å². The number of hydrogen-bond acceptors (Lipinski definition) is 2. The molecule has 0 radical (unpaired) electrons. The largest absolute Gasteiger partial charge is 0.309 e. The topological polar surface area (TPSA) is 12.0 Å². The highest BCUT2D eigenvalue weighted by Crippen LogP contribution is 2.32. The monoisotopic (exact) mass is 289 g/mol. The van der Waals surface area contributed by atoms with Gasteiger partial charge in [0.25, 0.3) is 0 Å². The predicted molar refractivity (Wildman–Crippen MR) is 71.6 cm³/mol. The summed E-state index contributed by atoms with van der Waals surface area (Å²) in [5.41, 5.74) is 0.565. The van der Waals surface area contributed by atoms with E-state index >= 15 is 0 Å². The van der Waals surface area contributed by atoms with E-state index in [1.54, 1.807) is 25.2 Å². The highest BCUT2D eigenvalue weighted by Gasteiger charge is 2.17. The molecule has 90 valence electrons. The molecule has 2 aromatic rings. The van der Waals surface area contributed by atoms with Crippen LogP contribution in [0.1, 0.15) is 16.5 Å². The van der Waals surface area contributed by atoms with Crippen molar-refractivity contribution >= 4 is 34.5 Å². The van der Waals surface area contributed by atoms with Gasteiger partial charge in [0.2, 0.25) is 0 Å². The van der Waals surface area contributed by atoms with E-state index in [1.807, 2.05) is 6.07 Å². The molecular weight excluding hydrogens is 280 g/mol. The van der Waals surface area contributed by atoms with Gasteiger partial charge in [0.15, 0.2) is 0 Å². The molecule has 1 unspecified atom stereocenters. The molecule has 0 spiro atoms. The van der Waals surface area contributed by atoms with Crippen molar-refractivity contribution in [2.75, 3.05) is 7.05 Å². The van der Waals surface area contributed by atoms with Gasteiger partial charge >= 0.3 is 0 Å². The molecule has 0 aliphatic heterocycles. The van der Waals surface area contributed by atoms with Crippen LogP contribution in [0.2, 0.25) is 9.36 Å². The summed E-state index contributed by atoms with van der Waals surface area (Å²) in [4.78, 5) is 0.971. The summed E-state index contributed by atoms with van der Waals surface area (Å²) in [6.45, 7) is 0. The van der Waals surface area contributed by atoms with Crippen LogP contribution in [0.25, 0.3) is 0 Å². The van der Waals surface area contributed by atoms with E-state index in [-0.39, 0.29) is 11.9 Å². The first-order chi connectivity index (χ1) is 8.11. The van der Waals surface area contributed by atoms with Crippen molar-refractivity contribution in [3.8, 4) is 0 Å². The SMILES string of the molecule is CNC(c1ccc(Cl)s1)c1ccc(Cl)cc1F. The van der Waals surface area contributed by atoms with Crippen LogP contribution in [0.15, 0.2) is 30.3 Å². The molecule has 0 amide bonds. The van der Waals surface area contributed by atoms with Crippen LogP contribution in [0.4, 0.5) is 4.39 Å². The molecule has 0 saturated carbocycles. The van der Waals surface area contributed by atoms with E-state index in [0.717, 1.165) is 4.88 Å². The lowest BCUT2D eigenvalue weighted by molar-refractivity contribution is 0.579. The molecule has 0 aliphatic rings. The van der Waals surface area contributed by atoms with Crippen molar-refractivity contribution in [1.82, 2.24) is 5.32 Å². The molecule has 0 aliphatic carbocycles. The Balaban J connectivity index is 2.42. The Labute approximate surface area is 113 Å². The summed E-state index contributed by atoms with van der Waals surface area (Å²) in [6, 6.07) is 8.18. The lowest BCUT2D eigenvalue weighted by Crippen LogP contribution is -2.17. The average molecular weight is 290 g/mol. The Morgan fingerprint density at radius 1 is 1.24 bits per heavy atom. The normalized spacial score (nSPS) is 12.7. The smallest absolute Gasteiger partial charge is 0.129 e. The third-order valence-electron chi connectivity index (χ3n) is 2.44. The van der Waals surface area contributed by atoms with Gasteiger partial charge in [-0.25, -0.2) is 4.39 Å². The summed E-state index contributed by atoms with van der Waals surface area (Å²) in [5, 5.41) is 3.47. The number of thiophene rings is 1. The fourth-order valence-electron chi connectivity index (χ4n) is 1.67. The Morgan fingerprint density at radius 3 is 2.53 bits per heavy atom. The first-order valence-corrected chi connectivity index (χ1v) is 6.56. The van der Waals surface area contributed by atoms with Crippen LogP contribution in [-0.2, 0) is 0 Å². The molecule has 1 aromatic carbocycles. The molecule has 5 heteroatoms. The summed E-state index contributed by atoms with van der Waals surface area (Å²) in [7, 11) is 1.78. The Kier molecular flexibility index (Phi) is 4.05. The summed E-state index contributed by atoms with van der Waals surface area (Å²) in [5.74, 6) is -0.318. The molecule has 1 heterocycles. The van der Waals surface area contributed by atoms with Gasteiger partial charge in [0.1, 0.15) is 5.82 Å². The van der Waals surface area contributed by atoms with Crippen LogP contribution >= 0.6 is 34.5 Å². The van der Waals surface area contributed by atoms with Crippen LogP contribution in [0.5, 0.6) is 0 Å². The van der Waals surface area contributed by atoms with Gasteiger partial charge in [-0.2, -0.15) is 0 Å². The average Bonchev–Trinajstić information content (AvgIpc) is 2.69. The molecule has 0 saturated heterocycles. The number of benzene rings is 1. The van der Waals surface area contributed by atoms with E-state index in [9.17, 15) is 4.39 Å². The molecule has 0 fully saturated rings. The van der Waals surface area contributed by atoms with Crippen LogP contribution in [0.3, 0.4) is 0 Å². The second kappa shape index (κ2) is 5.36.